The molecule has 0 radical (unpaired) electrons. The van der Waals surface area contributed by atoms with Crippen LogP contribution in [0, 0.1) is 41.5 Å². The molecule has 6 aromatic carbocycles. The van der Waals surface area contributed by atoms with Crippen LogP contribution in [-0.4, -0.2) is 0 Å². The molecule has 0 aromatic heterocycles. The van der Waals surface area contributed by atoms with E-state index in [0.717, 1.165) is 0 Å². The van der Waals surface area contributed by atoms with E-state index in [9.17, 15) is 0 Å². The van der Waals surface area contributed by atoms with Crippen LogP contribution in [0.3, 0.4) is 0 Å². The summed E-state index contributed by atoms with van der Waals surface area (Å²) in [6.45, 7) is 24.8. The predicted octanol–water partition coefficient (Wildman–Crippen LogP) is 15.6. The lowest BCUT2D eigenvalue weighted by Crippen LogP contribution is -2.23. The smallest absolute Gasteiger partial charge is 0.0210 e. The zero-order valence-electron chi connectivity index (χ0n) is 35.5. The average molecular weight is 723 g/mol. The van der Waals surface area contributed by atoms with Crippen LogP contribution in [0.5, 0.6) is 0 Å². The summed E-state index contributed by atoms with van der Waals surface area (Å²) in [5, 5.41) is 0. The second kappa shape index (κ2) is 15.1. The number of hydrogen-bond donors (Lipinski definition) is 0. The Bertz CT molecular complexity index is 2100. The third-order valence-corrected chi connectivity index (χ3v) is 13.6. The Morgan fingerprint density at radius 2 is 0.564 bits per heavy atom. The first-order valence-electron chi connectivity index (χ1n) is 21.1. The first-order chi connectivity index (χ1) is 26.4. The average Bonchev–Trinajstić information content (AvgIpc) is 3.74. The van der Waals surface area contributed by atoms with Gasteiger partial charge in [-0.05, 0) is 140 Å². The van der Waals surface area contributed by atoms with E-state index < -0.39 is 0 Å². The highest BCUT2D eigenvalue weighted by atomic mass is 14.4. The summed E-state index contributed by atoms with van der Waals surface area (Å²) in [4.78, 5) is 0. The SMILES string of the molecule is CCC1(CC)c2cc(C)ccc2-c2ccc(C)cc21.CCC1(CC)c2cc(C)ccc2-c2ccc(C)cc21.CCC1c2cc(C)ccc2-c2ccc(C)cc21. The molecule has 0 saturated carbocycles. The normalized spacial score (nSPS) is 14.7. The fourth-order valence-electron chi connectivity index (χ4n) is 10.5. The standard InChI is InChI=1S/2C19H22.C17H18/c2*1-5-19(6-2)17-11-13(3)7-9-15(17)16-10-8-14(4)12-18(16)19;1-4-13-16-9-11(2)5-7-14(16)15-8-6-12(3)10-17(13)15/h2*7-12H,5-6H2,1-4H3;5-10,13H,4H2,1-3H3. The summed E-state index contributed by atoms with van der Waals surface area (Å²) in [5.74, 6) is 0.597. The van der Waals surface area contributed by atoms with E-state index in [4.69, 9.17) is 0 Å². The van der Waals surface area contributed by atoms with E-state index in [1.165, 1.54) is 132 Å². The fraction of sp³-hybridized carbons (Fsp3) is 0.345. The Labute approximate surface area is 333 Å². The molecule has 0 heterocycles. The van der Waals surface area contributed by atoms with Gasteiger partial charge in [0.25, 0.3) is 0 Å². The van der Waals surface area contributed by atoms with Gasteiger partial charge in [-0.1, -0.05) is 177 Å². The van der Waals surface area contributed by atoms with Crippen LogP contribution in [0.15, 0.2) is 109 Å². The van der Waals surface area contributed by atoms with Crippen molar-refractivity contribution in [2.45, 2.75) is 125 Å². The zero-order valence-corrected chi connectivity index (χ0v) is 35.5. The topological polar surface area (TPSA) is 0 Å². The summed E-state index contributed by atoms with van der Waals surface area (Å²) in [6, 6.07) is 41.5. The van der Waals surface area contributed by atoms with Crippen LogP contribution in [0.25, 0.3) is 33.4 Å². The van der Waals surface area contributed by atoms with Crippen molar-refractivity contribution in [2.75, 3.05) is 0 Å². The van der Waals surface area contributed by atoms with Gasteiger partial charge in [-0.3, -0.25) is 0 Å². The van der Waals surface area contributed by atoms with Crippen molar-refractivity contribution in [1.29, 1.82) is 0 Å². The van der Waals surface area contributed by atoms with E-state index >= 15 is 0 Å². The molecule has 3 aliphatic rings. The molecule has 0 atom stereocenters. The second-order valence-electron chi connectivity index (χ2n) is 16.9. The third-order valence-electron chi connectivity index (χ3n) is 13.6. The maximum absolute atomic E-state index is 2.40. The molecule has 6 aromatic rings. The van der Waals surface area contributed by atoms with E-state index in [2.05, 4.69) is 185 Å². The van der Waals surface area contributed by atoms with Crippen LogP contribution in [-0.2, 0) is 10.8 Å². The van der Waals surface area contributed by atoms with E-state index in [0.29, 0.717) is 5.92 Å². The van der Waals surface area contributed by atoms with Crippen LogP contribution in [0.2, 0.25) is 0 Å². The number of rotatable bonds is 5. The molecule has 0 N–H and O–H groups in total. The summed E-state index contributed by atoms with van der Waals surface area (Å²) >= 11 is 0. The van der Waals surface area contributed by atoms with Gasteiger partial charge in [0.2, 0.25) is 0 Å². The van der Waals surface area contributed by atoms with E-state index in [1.54, 1.807) is 0 Å². The van der Waals surface area contributed by atoms with Gasteiger partial charge in [0, 0.05) is 16.7 Å². The first kappa shape index (κ1) is 38.6. The molecule has 282 valence electrons. The maximum Gasteiger partial charge on any atom is 0.0210 e. The van der Waals surface area contributed by atoms with Crippen molar-refractivity contribution >= 4 is 0 Å². The highest BCUT2D eigenvalue weighted by Crippen LogP contribution is 2.54. The summed E-state index contributed by atoms with van der Waals surface area (Å²) in [7, 11) is 0. The van der Waals surface area contributed by atoms with Crippen LogP contribution in [0.1, 0.15) is 139 Å². The summed E-state index contributed by atoms with van der Waals surface area (Å²) < 4.78 is 0. The molecule has 0 bridgehead atoms. The Morgan fingerprint density at radius 1 is 0.327 bits per heavy atom. The quantitative estimate of drug-likeness (QED) is 0.166. The van der Waals surface area contributed by atoms with Crippen molar-refractivity contribution in [1.82, 2.24) is 0 Å². The van der Waals surface area contributed by atoms with Gasteiger partial charge in [0.1, 0.15) is 0 Å². The summed E-state index contributed by atoms with van der Waals surface area (Å²) in [5.41, 5.74) is 26.5. The van der Waals surface area contributed by atoms with Crippen LogP contribution in [0.4, 0.5) is 0 Å². The van der Waals surface area contributed by atoms with Gasteiger partial charge in [0.15, 0.2) is 0 Å². The summed E-state index contributed by atoms with van der Waals surface area (Å²) in [6.07, 6.45) is 5.90. The van der Waals surface area contributed by atoms with Crippen molar-refractivity contribution in [2.24, 2.45) is 0 Å². The Kier molecular flexibility index (Phi) is 10.6. The maximum atomic E-state index is 2.40. The molecule has 0 spiro atoms. The van der Waals surface area contributed by atoms with Crippen molar-refractivity contribution in [3.63, 3.8) is 0 Å². The lowest BCUT2D eigenvalue weighted by molar-refractivity contribution is 0.490. The molecule has 0 amide bonds. The predicted molar refractivity (Wildman–Crippen MR) is 239 cm³/mol. The fourth-order valence-corrected chi connectivity index (χ4v) is 10.5. The largest absolute Gasteiger partial charge is 0.0645 e. The number of fused-ring (bicyclic) bond motifs is 9. The number of aryl methyl sites for hydroxylation is 6. The molecule has 0 aliphatic heterocycles. The highest BCUT2D eigenvalue weighted by Gasteiger charge is 2.41. The van der Waals surface area contributed by atoms with Gasteiger partial charge < -0.3 is 0 Å². The number of hydrogen-bond acceptors (Lipinski definition) is 0. The van der Waals surface area contributed by atoms with Crippen molar-refractivity contribution < 1.29 is 0 Å². The van der Waals surface area contributed by atoms with Crippen LogP contribution < -0.4 is 0 Å². The molecule has 9 rings (SSSR count). The molecule has 55 heavy (non-hydrogen) atoms. The van der Waals surface area contributed by atoms with E-state index in [1.807, 2.05) is 0 Å². The minimum absolute atomic E-state index is 0.225. The molecular weight excluding hydrogens is 661 g/mol. The number of benzene rings is 6. The minimum Gasteiger partial charge on any atom is -0.0645 e. The lowest BCUT2D eigenvalue weighted by Gasteiger charge is -2.30. The van der Waals surface area contributed by atoms with Gasteiger partial charge >= 0.3 is 0 Å². The van der Waals surface area contributed by atoms with Gasteiger partial charge in [0.05, 0.1) is 0 Å². The molecular formula is C55H62. The molecule has 0 fully saturated rings. The highest BCUT2D eigenvalue weighted by molar-refractivity contribution is 5.83. The Morgan fingerprint density at radius 3 is 0.800 bits per heavy atom. The monoisotopic (exact) mass is 722 g/mol. The lowest BCUT2D eigenvalue weighted by atomic mass is 9.73. The Balaban J connectivity index is 0.000000127. The molecule has 0 unspecified atom stereocenters. The van der Waals surface area contributed by atoms with Gasteiger partial charge in [-0.2, -0.15) is 0 Å². The van der Waals surface area contributed by atoms with Crippen molar-refractivity contribution in [3.8, 4) is 33.4 Å². The molecule has 0 heteroatoms. The Hall–Kier alpha value is -4.68. The first-order valence-corrected chi connectivity index (χ1v) is 21.1. The zero-order chi connectivity index (χ0) is 39.2. The molecule has 3 aliphatic carbocycles. The molecule has 0 saturated heterocycles. The van der Waals surface area contributed by atoms with E-state index in [-0.39, 0.29) is 10.8 Å². The van der Waals surface area contributed by atoms with Crippen LogP contribution >= 0.6 is 0 Å². The second-order valence-corrected chi connectivity index (χ2v) is 16.9. The van der Waals surface area contributed by atoms with Crippen molar-refractivity contribution in [3.05, 3.63) is 176 Å². The van der Waals surface area contributed by atoms with Gasteiger partial charge in [-0.15, -0.1) is 0 Å². The third kappa shape index (κ3) is 6.40. The van der Waals surface area contributed by atoms with Gasteiger partial charge in [-0.25, -0.2) is 0 Å². The molecule has 0 nitrogen and oxygen atoms in total. The minimum atomic E-state index is 0.225.